The van der Waals surface area contributed by atoms with Gasteiger partial charge in [-0.25, -0.2) is 0 Å². The molecule has 0 spiro atoms. The number of hydrogen-bond acceptors (Lipinski definition) is 5. The average Bonchev–Trinajstić information content (AvgIpc) is 2.64. The van der Waals surface area contributed by atoms with Gasteiger partial charge in [0, 0.05) is 25.0 Å². The lowest BCUT2D eigenvalue weighted by Crippen LogP contribution is -2.46. The minimum absolute atomic E-state index is 0.0668. The molecule has 0 N–H and O–H groups in total. The largest absolute Gasteiger partial charge is 0.422 e. The van der Waals surface area contributed by atoms with Crippen molar-refractivity contribution in [3.63, 3.8) is 0 Å². The summed E-state index contributed by atoms with van der Waals surface area (Å²) in [5.74, 6) is -3.51. The van der Waals surface area contributed by atoms with E-state index in [0.29, 0.717) is 11.1 Å². The Morgan fingerprint density at radius 1 is 0.963 bits per heavy atom. The molecule has 1 fully saturated rings. The lowest BCUT2D eigenvalue weighted by atomic mass is 9.88. The maximum Gasteiger partial charge on any atom is 0.323 e. The minimum Gasteiger partial charge on any atom is -0.422 e. The fourth-order valence-electron chi connectivity index (χ4n) is 3.17. The number of carbonyl (C=O) groups excluding carboxylic acids is 3. The van der Waals surface area contributed by atoms with Crippen molar-refractivity contribution in [2.75, 3.05) is 0 Å². The zero-order valence-corrected chi connectivity index (χ0v) is 15.6. The van der Waals surface area contributed by atoms with Crippen LogP contribution in [0.25, 0.3) is 0 Å². The number of hydrogen-bond donors (Lipinski definition) is 0. The van der Waals surface area contributed by atoms with Crippen molar-refractivity contribution in [1.29, 1.82) is 0 Å². The van der Waals surface area contributed by atoms with Crippen molar-refractivity contribution in [3.8, 4) is 0 Å². The van der Waals surface area contributed by atoms with Gasteiger partial charge in [-0.3, -0.25) is 14.4 Å². The van der Waals surface area contributed by atoms with Gasteiger partial charge in [-0.05, 0) is 24.0 Å². The standard InChI is InChI=1S/C22H22O5/c1-14(12-18-20(24)26-22(2,3)27-21(18)25)16-10-7-11-17(13-16)19(23)15-8-5-4-6-9-15/h4-11,13-14,18H,12H2,1-3H3. The Bertz CT molecular complexity index is 849. The van der Waals surface area contributed by atoms with E-state index in [-0.39, 0.29) is 18.1 Å². The molecule has 1 atom stereocenters. The number of ether oxygens (including phenoxy) is 2. The summed E-state index contributed by atoms with van der Waals surface area (Å²) in [6.07, 6.45) is 0.261. The molecule has 5 nitrogen and oxygen atoms in total. The predicted octanol–water partition coefficient (Wildman–Crippen LogP) is 3.86. The molecule has 27 heavy (non-hydrogen) atoms. The van der Waals surface area contributed by atoms with Crippen LogP contribution < -0.4 is 0 Å². The van der Waals surface area contributed by atoms with E-state index in [4.69, 9.17) is 9.47 Å². The van der Waals surface area contributed by atoms with Crippen LogP contribution in [0.1, 0.15) is 54.6 Å². The van der Waals surface area contributed by atoms with Crippen LogP contribution in [0.2, 0.25) is 0 Å². The van der Waals surface area contributed by atoms with E-state index in [2.05, 4.69) is 0 Å². The van der Waals surface area contributed by atoms with Crippen molar-refractivity contribution < 1.29 is 23.9 Å². The summed E-state index contributed by atoms with van der Waals surface area (Å²) in [6.45, 7) is 4.97. The van der Waals surface area contributed by atoms with E-state index >= 15 is 0 Å². The molecule has 0 aromatic heterocycles. The number of rotatable bonds is 5. The highest BCUT2D eigenvalue weighted by Crippen LogP contribution is 2.31. The minimum atomic E-state index is -1.23. The number of esters is 2. The SMILES string of the molecule is CC(CC1C(=O)OC(C)(C)OC1=O)c1cccc(C(=O)c2ccccc2)c1. The molecule has 0 saturated carbocycles. The molecule has 0 aliphatic carbocycles. The first-order chi connectivity index (χ1) is 12.8. The van der Waals surface area contributed by atoms with Crippen LogP contribution in [0.3, 0.4) is 0 Å². The Balaban J connectivity index is 1.76. The first kappa shape index (κ1) is 18.8. The zero-order chi connectivity index (χ0) is 19.6. The molecular weight excluding hydrogens is 344 g/mol. The van der Waals surface area contributed by atoms with Crippen LogP contribution in [0, 0.1) is 5.92 Å². The zero-order valence-electron chi connectivity index (χ0n) is 15.6. The number of carbonyl (C=O) groups is 3. The highest BCUT2D eigenvalue weighted by atomic mass is 16.7. The monoisotopic (exact) mass is 366 g/mol. The molecule has 0 amide bonds. The van der Waals surface area contributed by atoms with Crippen molar-refractivity contribution in [2.45, 2.75) is 38.9 Å². The van der Waals surface area contributed by atoms with Crippen LogP contribution in [-0.4, -0.2) is 23.5 Å². The molecule has 140 valence electrons. The van der Waals surface area contributed by atoms with Crippen LogP contribution in [-0.2, 0) is 19.1 Å². The molecule has 0 radical (unpaired) electrons. The Morgan fingerprint density at radius 3 is 2.19 bits per heavy atom. The van der Waals surface area contributed by atoms with Gasteiger partial charge < -0.3 is 9.47 Å². The van der Waals surface area contributed by atoms with E-state index in [9.17, 15) is 14.4 Å². The Labute approximate surface area is 158 Å². The van der Waals surface area contributed by atoms with Gasteiger partial charge in [-0.15, -0.1) is 0 Å². The van der Waals surface area contributed by atoms with Crippen LogP contribution in [0.15, 0.2) is 54.6 Å². The third-order valence-electron chi connectivity index (χ3n) is 4.60. The summed E-state index contributed by atoms with van der Waals surface area (Å²) in [5, 5.41) is 0. The molecule has 1 aliphatic heterocycles. The Hall–Kier alpha value is -2.95. The number of ketones is 1. The lowest BCUT2D eigenvalue weighted by Gasteiger charge is -2.33. The first-order valence-electron chi connectivity index (χ1n) is 8.92. The normalized spacial score (nSPS) is 17.7. The van der Waals surface area contributed by atoms with E-state index in [1.54, 1.807) is 18.2 Å². The van der Waals surface area contributed by atoms with Gasteiger partial charge in [0.15, 0.2) is 11.7 Å². The van der Waals surface area contributed by atoms with E-state index < -0.39 is 23.6 Å². The molecule has 2 aromatic carbocycles. The summed E-state index contributed by atoms with van der Waals surface area (Å²) >= 11 is 0. The van der Waals surface area contributed by atoms with Crippen molar-refractivity contribution in [2.24, 2.45) is 5.92 Å². The maximum atomic E-state index is 12.6. The molecule has 1 unspecified atom stereocenters. The van der Waals surface area contributed by atoms with Gasteiger partial charge in [0.25, 0.3) is 5.79 Å². The third-order valence-corrected chi connectivity index (χ3v) is 4.60. The van der Waals surface area contributed by atoms with Gasteiger partial charge in [-0.1, -0.05) is 55.5 Å². The van der Waals surface area contributed by atoms with Gasteiger partial charge in [0.05, 0.1) is 0 Å². The highest BCUT2D eigenvalue weighted by molar-refractivity contribution is 6.09. The van der Waals surface area contributed by atoms with Crippen molar-refractivity contribution in [3.05, 3.63) is 71.3 Å². The smallest absolute Gasteiger partial charge is 0.323 e. The summed E-state index contributed by atoms with van der Waals surface area (Å²) in [7, 11) is 0. The molecule has 2 aromatic rings. The summed E-state index contributed by atoms with van der Waals surface area (Å²) in [6, 6.07) is 16.3. The topological polar surface area (TPSA) is 69.7 Å². The second kappa shape index (κ2) is 7.35. The lowest BCUT2D eigenvalue weighted by molar-refractivity contribution is -0.240. The van der Waals surface area contributed by atoms with Crippen molar-refractivity contribution in [1.82, 2.24) is 0 Å². The second-order valence-electron chi connectivity index (χ2n) is 7.25. The Kier molecular flexibility index (Phi) is 5.13. The number of benzene rings is 2. The maximum absolute atomic E-state index is 12.6. The molecule has 0 bridgehead atoms. The van der Waals surface area contributed by atoms with Gasteiger partial charge in [0.2, 0.25) is 0 Å². The van der Waals surface area contributed by atoms with Gasteiger partial charge in [0.1, 0.15) is 0 Å². The van der Waals surface area contributed by atoms with Gasteiger partial charge in [-0.2, -0.15) is 0 Å². The molecule has 3 rings (SSSR count). The van der Waals surface area contributed by atoms with Crippen molar-refractivity contribution >= 4 is 17.7 Å². The summed E-state index contributed by atoms with van der Waals surface area (Å²) < 4.78 is 10.4. The third kappa shape index (κ3) is 4.25. The van der Waals surface area contributed by atoms with Crippen LogP contribution in [0.4, 0.5) is 0 Å². The predicted molar refractivity (Wildman–Crippen MR) is 99.1 cm³/mol. The van der Waals surface area contributed by atoms with E-state index in [1.807, 2.05) is 43.3 Å². The molecule has 1 aliphatic rings. The molecular formula is C22H22O5. The van der Waals surface area contributed by atoms with Crippen LogP contribution in [0.5, 0.6) is 0 Å². The summed E-state index contributed by atoms with van der Waals surface area (Å²) in [4.78, 5) is 37.0. The molecule has 1 saturated heterocycles. The molecule has 5 heteroatoms. The fraction of sp³-hybridized carbons (Fsp3) is 0.318. The Morgan fingerprint density at radius 2 is 1.56 bits per heavy atom. The highest BCUT2D eigenvalue weighted by Gasteiger charge is 2.43. The quantitative estimate of drug-likeness (QED) is 0.456. The summed E-state index contributed by atoms with van der Waals surface area (Å²) in [5.41, 5.74) is 2.06. The fourth-order valence-corrected chi connectivity index (χ4v) is 3.17. The number of cyclic esters (lactones) is 2. The molecule has 1 heterocycles. The van der Waals surface area contributed by atoms with E-state index in [0.717, 1.165) is 5.56 Å². The van der Waals surface area contributed by atoms with Gasteiger partial charge >= 0.3 is 11.9 Å². The first-order valence-corrected chi connectivity index (χ1v) is 8.92. The van der Waals surface area contributed by atoms with Crippen LogP contribution >= 0.6 is 0 Å². The van der Waals surface area contributed by atoms with E-state index in [1.165, 1.54) is 13.8 Å². The average molecular weight is 366 g/mol. The second-order valence-corrected chi connectivity index (χ2v) is 7.25.